The number of benzene rings is 4. The summed E-state index contributed by atoms with van der Waals surface area (Å²) in [5.41, 5.74) is 7.41. The Bertz CT molecular complexity index is 1880. The second kappa shape index (κ2) is 11.1. The lowest BCUT2D eigenvalue weighted by atomic mass is 9.75. The Morgan fingerprint density at radius 2 is 1.71 bits per heavy atom. The van der Waals surface area contributed by atoms with Crippen molar-refractivity contribution in [1.82, 2.24) is 5.32 Å². The van der Waals surface area contributed by atoms with Gasteiger partial charge < -0.3 is 10.1 Å². The molecule has 0 saturated heterocycles. The molecule has 0 bridgehead atoms. The zero-order chi connectivity index (χ0) is 28.5. The molecule has 0 saturated carbocycles. The summed E-state index contributed by atoms with van der Waals surface area (Å²) in [7, 11) is 0. The first-order valence-electron chi connectivity index (χ1n) is 14.4. The van der Waals surface area contributed by atoms with Crippen molar-refractivity contribution in [3.05, 3.63) is 160 Å². The Morgan fingerprint density at radius 1 is 0.857 bits per heavy atom. The van der Waals surface area contributed by atoms with Crippen LogP contribution in [0.2, 0.25) is 0 Å². The summed E-state index contributed by atoms with van der Waals surface area (Å²) < 4.78 is 19.9. The predicted molar refractivity (Wildman–Crippen MR) is 166 cm³/mol. The van der Waals surface area contributed by atoms with Gasteiger partial charge in [0, 0.05) is 34.9 Å². The summed E-state index contributed by atoms with van der Waals surface area (Å²) in [5, 5.41) is 5.70. The number of nitrogens with one attached hydrogen (secondary N) is 1. The lowest BCUT2D eigenvalue weighted by Gasteiger charge is -2.30. The molecule has 4 heteroatoms. The number of carbonyl (C=O) groups excluding carboxylic acids is 1. The van der Waals surface area contributed by atoms with Gasteiger partial charge in [-0.3, -0.25) is 4.79 Å². The van der Waals surface area contributed by atoms with Crippen molar-refractivity contribution >= 4 is 17.9 Å². The Balaban J connectivity index is 1.32. The fourth-order valence-electron chi connectivity index (χ4n) is 6.34. The maximum Gasteiger partial charge on any atom is 0.169 e. The van der Waals surface area contributed by atoms with Gasteiger partial charge in [-0.05, 0) is 88.0 Å². The molecular weight excluding hydrogens is 521 g/mol. The molecule has 0 aromatic heterocycles. The largest absolute Gasteiger partial charge is 0.489 e. The van der Waals surface area contributed by atoms with E-state index < -0.39 is 0 Å². The first-order chi connectivity index (χ1) is 20.7. The molecular formula is C38H30FNO2. The summed E-state index contributed by atoms with van der Waals surface area (Å²) in [6.07, 6.45) is 15.8. The highest BCUT2D eigenvalue weighted by Gasteiger charge is 2.31. The van der Waals surface area contributed by atoms with E-state index in [4.69, 9.17) is 4.74 Å². The number of hydrogen-bond acceptors (Lipinski definition) is 3. The molecule has 206 valence electrons. The summed E-state index contributed by atoms with van der Waals surface area (Å²) in [4.78, 5) is 13.8. The molecule has 0 amide bonds. The normalized spacial score (nSPS) is 18.2. The average Bonchev–Trinajstić information content (AvgIpc) is 3.33. The van der Waals surface area contributed by atoms with Crippen LogP contribution in [-0.2, 0) is 13.0 Å². The zero-order valence-electron chi connectivity index (χ0n) is 23.1. The topological polar surface area (TPSA) is 38.3 Å². The van der Waals surface area contributed by atoms with Crippen molar-refractivity contribution in [2.75, 3.05) is 0 Å². The second-order valence-corrected chi connectivity index (χ2v) is 10.9. The van der Waals surface area contributed by atoms with Gasteiger partial charge in [0.1, 0.15) is 18.2 Å². The first-order valence-corrected chi connectivity index (χ1v) is 14.4. The van der Waals surface area contributed by atoms with Gasteiger partial charge in [-0.1, -0.05) is 78.9 Å². The van der Waals surface area contributed by atoms with Crippen LogP contribution in [0.25, 0.3) is 23.3 Å². The predicted octanol–water partition coefficient (Wildman–Crippen LogP) is 6.73. The minimum atomic E-state index is -0.344. The van der Waals surface area contributed by atoms with E-state index in [9.17, 15) is 9.18 Å². The molecule has 0 spiro atoms. The molecule has 1 N–H and O–H groups in total. The van der Waals surface area contributed by atoms with Crippen LogP contribution >= 0.6 is 0 Å². The zero-order valence-corrected chi connectivity index (χ0v) is 23.1. The molecule has 0 radical (unpaired) electrons. The van der Waals surface area contributed by atoms with Crippen LogP contribution in [0.3, 0.4) is 0 Å². The van der Waals surface area contributed by atoms with E-state index in [1.807, 2.05) is 48.7 Å². The Hall–Kier alpha value is -4.96. The van der Waals surface area contributed by atoms with E-state index in [2.05, 4.69) is 59.9 Å². The standard InChI is InChI=1S/C38H30FNO2/c39-28-15-13-26(14-16-28)38(41)27-22-34-31-19-20-33-29(10-7-12-37(33)42-24-25-8-3-1-4-9-25)30(31)17-18-32(34)35(23-27)36-11-5-2-6-21-40-36/h1-19,21-22,27,35,40H,20,23-24H2. The van der Waals surface area contributed by atoms with Gasteiger partial charge >= 0.3 is 0 Å². The molecule has 4 aromatic rings. The van der Waals surface area contributed by atoms with Gasteiger partial charge in [0.05, 0.1) is 0 Å². The highest BCUT2D eigenvalue weighted by molar-refractivity contribution is 6.01. The molecule has 7 rings (SSSR count). The smallest absolute Gasteiger partial charge is 0.169 e. The molecule has 0 fully saturated rings. The van der Waals surface area contributed by atoms with E-state index in [0.717, 1.165) is 45.0 Å². The molecule has 1 heterocycles. The molecule has 1 aliphatic heterocycles. The third-order valence-electron chi connectivity index (χ3n) is 8.41. The van der Waals surface area contributed by atoms with E-state index >= 15 is 0 Å². The van der Waals surface area contributed by atoms with Crippen molar-refractivity contribution in [3.8, 4) is 16.9 Å². The lowest BCUT2D eigenvalue weighted by Crippen LogP contribution is -2.40. The Morgan fingerprint density at radius 3 is 2.57 bits per heavy atom. The molecule has 42 heavy (non-hydrogen) atoms. The fraction of sp³-hybridized carbons (Fsp3) is 0.132. The summed E-state index contributed by atoms with van der Waals surface area (Å²) in [6, 6.07) is 26.8. The summed E-state index contributed by atoms with van der Waals surface area (Å²) in [5.74, 6) is 0.231. The number of ether oxygens (including phenoxy) is 1. The Kier molecular flexibility index (Phi) is 6.89. The highest BCUT2D eigenvalue weighted by atomic mass is 19.1. The van der Waals surface area contributed by atoms with E-state index in [1.54, 1.807) is 12.1 Å². The number of allylic oxidation sites excluding steroid dienone is 5. The van der Waals surface area contributed by atoms with Gasteiger partial charge in [-0.15, -0.1) is 0 Å². The number of Topliss-reactive ketones (excluding diaryl/α,β-unsaturated/α-hetero) is 1. The highest BCUT2D eigenvalue weighted by Crippen LogP contribution is 2.37. The van der Waals surface area contributed by atoms with Crippen LogP contribution in [-0.4, -0.2) is 5.78 Å². The third-order valence-corrected chi connectivity index (χ3v) is 8.41. The lowest BCUT2D eigenvalue weighted by molar-refractivity contribution is 0.0943. The molecule has 2 aliphatic carbocycles. The van der Waals surface area contributed by atoms with Gasteiger partial charge in [-0.2, -0.15) is 0 Å². The molecule has 4 aromatic carbocycles. The second-order valence-electron chi connectivity index (χ2n) is 10.9. The molecule has 3 nitrogen and oxygen atoms in total. The van der Waals surface area contributed by atoms with E-state index in [0.29, 0.717) is 18.6 Å². The first kappa shape index (κ1) is 26.0. The van der Waals surface area contributed by atoms with Crippen LogP contribution in [0, 0.1) is 11.7 Å². The monoisotopic (exact) mass is 551 g/mol. The number of halogens is 1. The Labute approximate surface area is 244 Å². The van der Waals surface area contributed by atoms with E-state index in [1.165, 1.54) is 23.3 Å². The number of ketones is 1. The minimum absolute atomic E-state index is 0.00688. The number of fused-ring (bicyclic) bond motifs is 5. The van der Waals surface area contributed by atoms with Crippen LogP contribution in [0.15, 0.2) is 121 Å². The van der Waals surface area contributed by atoms with Gasteiger partial charge in [0.25, 0.3) is 0 Å². The summed E-state index contributed by atoms with van der Waals surface area (Å²) in [6.45, 7) is 0.516. The van der Waals surface area contributed by atoms with Crippen LogP contribution < -0.4 is 20.5 Å². The van der Waals surface area contributed by atoms with Gasteiger partial charge in [-0.25, -0.2) is 4.39 Å². The third kappa shape index (κ3) is 4.90. The maximum atomic E-state index is 13.8. The van der Waals surface area contributed by atoms with Crippen LogP contribution in [0.4, 0.5) is 4.39 Å². The van der Waals surface area contributed by atoms with Crippen molar-refractivity contribution in [3.63, 3.8) is 0 Å². The average molecular weight is 552 g/mol. The van der Waals surface area contributed by atoms with Crippen molar-refractivity contribution in [1.29, 1.82) is 0 Å². The molecule has 2 unspecified atom stereocenters. The van der Waals surface area contributed by atoms with E-state index in [-0.39, 0.29) is 23.4 Å². The van der Waals surface area contributed by atoms with Crippen molar-refractivity contribution < 1.29 is 13.9 Å². The number of hydrogen-bond donors (Lipinski definition) is 1. The van der Waals surface area contributed by atoms with Gasteiger partial charge in [0.15, 0.2) is 5.78 Å². The molecule has 3 aliphatic rings. The summed E-state index contributed by atoms with van der Waals surface area (Å²) >= 11 is 0. The SMILES string of the molecule is O=C(c1ccc(F)cc1)C1C=c2c(ccc3c2=CCc2c(OCc4ccccc4)cccc2-3)C(C2=CC=CC=CN2)C1. The maximum absolute atomic E-state index is 13.8. The minimum Gasteiger partial charge on any atom is -0.489 e. The number of rotatable bonds is 6. The number of carbonyl (C=O) groups is 1. The van der Waals surface area contributed by atoms with Crippen molar-refractivity contribution in [2.24, 2.45) is 5.92 Å². The quantitative estimate of drug-likeness (QED) is 0.270. The molecule has 2 atom stereocenters. The van der Waals surface area contributed by atoms with Crippen LogP contribution in [0.1, 0.15) is 39.4 Å². The van der Waals surface area contributed by atoms with Crippen LogP contribution in [0.5, 0.6) is 5.75 Å². The van der Waals surface area contributed by atoms with Crippen molar-refractivity contribution in [2.45, 2.75) is 25.4 Å². The fourth-order valence-corrected chi connectivity index (χ4v) is 6.34. The van der Waals surface area contributed by atoms with Gasteiger partial charge in [0.2, 0.25) is 0 Å².